The van der Waals surface area contributed by atoms with Crippen molar-refractivity contribution in [2.24, 2.45) is 0 Å². The van der Waals surface area contributed by atoms with Crippen LogP contribution in [0, 0.1) is 13.8 Å². The molecule has 0 saturated carbocycles. The number of hydrogen-bond acceptors (Lipinski definition) is 4. The van der Waals surface area contributed by atoms with Crippen molar-refractivity contribution in [2.75, 3.05) is 0 Å². The lowest BCUT2D eigenvalue weighted by Crippen LogP contribution is -2.02. The summed E-state index contributed by atoms with van der Waals surface area (Å²) in [6.45, 7) is 4.19. The Kier molecular flexibility index (Phi) is 9.84. The van der Waals surface area contributed by atoms with Crippen LogP contribution < -0.4 is 0 Å². The number of para-hydroxylation sites is 4. The molecule has 0 aliphatic rings. The van der Waals surface area contributed by atoms with Crippen LogP contribution in [0.5, 0.6) is 0 Å². The van der Waals surface area contributed by atoms with Gasteiger partial charge in [0.25, 0.3) is 0 Å². The van der Waals surface area contributed by atoms with Crippen LogP contribution in [-0.4, -0.2) is 29.1 Å². The molecule has 4 heterocycles. The van der Waals surface area contributed by atoms with Gasteiger partial charge in [-0.25, -0.2) is 15.0 Å². The number of aryl methyl sites for hydroxylation is 2. The van der Waals surface area contributed by atoms with Crippen molar-refractivity contribution in [3.05, 3.63) is 242 Å². The number of fused-ring (bicyclic) bond motifs is 6. The van der Waals surface area contributed by atoms with Crippen LogP contribution in [0.4, 0.5) is 0 Å². The van der Waals surface area contributed by atoms with Crippen molar-refractivity contribution < 1.29 is 0 Å². The molecule has 6 nitrogen and oxygen atoms in total. The Balaban J connectivity index is 1.14. The zero-order valence-electron chi connectivity index (χ0n) is 38.6. The normalized spacial score (nSPS) is 11.6. The monoisotopic (exact) mass is 896 g/mol. The van der Waals surface area contributed by atoms with Crippen molar-refractivity contribution in [1.29, 1.82) is 0 Å². The first-order valence-corrected chi connectivity index (χ1v) is 23.7. The van der Waals surface area contributed by atoms with Gasteiger partial charge in [0, 0.05) is 66.6 Å². The highest BCUT2D eigenvalue weighted by atomic mass is 15.0. The minimum absolute atomic E-state index is 0.587. The van der Waals surface area contributed by atoms with E-state index in [0.717, 1.165) is 94.9 Å². The maximum atomic E-state index is 5.31. The van der Waals surface area contributed by atoms with E-state index in [-0.39, 0.29) is 0 Å². The first kappa shape index (κ1) is 41.0. The Morgan fingerprint density at radius 3 is 1.14 bits per heavy atom. The van der Waals surface area contributed by atoms with Crippen LogP contribution in [0.1, 0.15) is 11.4 Å². The summed E-state index contributed by atoms with van der Waals surface area (Å²) in [6, 6.07) is 81.9. The highest BCUT2D eigenvalue weighted by molar-refractivity contribution is 6.13. The number of aromatic nitrogens is 6. The summed E-state index contributed by atoms with van der Waals surface area (Å²) in [6.07, 6.45) is 0. The Hall–Kier alpha value is -9.26. The molecule has 0 unspecified atom stereocenters. The third kappa shape index (κ3) is 6.96. The third-order valence-corrected chi connectivity index (χ3v) is 13.6. The molecule has 13 aromatic rings. The predicted molar refractivity (Wildman–Crippen MR) is 288 cm³/mol. The molecular weight excluding hydrogens is 853 g/mol. The number of rotatable bonds is 8. The van der Waals surface area contributed by atoms with Gasteiger partial charge in [-0.05, 0) is 121 Å². The molecule has 0 aliphatic heterocycles. The molecule has 0 radical (unpaired) electrons. The molecule has 0 bridgehead atoms. The van der Waals surface area contributed by atoms with Gasteiger partial charge in [0.15, 0.2) is 17.5 Å². The minimum atomic E-state index is 0.587. The molecule has 330 valence electrons. The van der Waals surface area contributed by atoms with Crippen LogP contribution in [0.15, 0.2) is 231 Å². The van der Waals surface area contributed by atoms with Gasteiger partial charge in [-0.2, -0.15) is 0 Å². The standard InChI is InChI=1S/C64H44N6/c1-41-31-34-50(42(2)65-41)61-53(45-32-35-59-55(37-45)51-27-15-17-29-57(51)69(59)48-23-11-5-12-24-48)39-47(64-67-62(43-19-7-3-8-20-43)66-63(68-64)44-21-9-4-10-22-44)40-54(61)46-33-36-60-56(38-46)52-28-16-18-30-58(52)70(60)49-25-13-6-14-26-49/h3-40H,1-2H3. The Morgan fingerprint density at radius 2 is 0.686 bits per heavy atom. The zero-order chi connectivity index (χ0) is 46.7. The fourth-order valence-corrected chi connectivity index (χ4v) is 10.4. The summed E-state index contributed by atoms with van der Waals surface area (Å²) in [7, 11) is 0. The molecular formula is C64H44N6. The lowest BCUT2D eigenvalue weighted by atomic mass is 9.84. The summed E-state index contributed by atoms with van der Waals surface area (Å²) < 4.78 is 4.74. The van der Waals surface area contributed by atoms with Crippen molar-refractivity contribution >= 4 is 43.6 Å². The number of benzene rings is 9. The van der Waals surface area contributed by atoms with Gasteiger partial charge in [0.2, 0.25) is 0 Å². The first-order chi connectivity index (χ1) is 34.5. The van der Waals surface area contributed by atoms with Crippen LogP contribution in [-0.2, 0) is 0 Å². The average molecular weight is 897 g/mol. The van der Waals surface area contributed by atoms with E-state index in [2.05, 4.69) is 217 Å². The maximum absolute atomic E-state index is 5.31. The van der Waals surface area contributed by atoms with E-state index in [1.54, 1.807) is 0 Å². The zero-order valence-corrected chi connectivity index (χ0v) is 38.6. The molecule has 4 aromatic heterocycles. The van der Waals surface area contributed by atoms with E-state index in [4.69, 9.17) is 19.9 Å². The van der Waals surface area contributed by atoms with E-state index in [1.165, 1.54) is 21.5 Å². The molecule has 6 heteroatoms. The fourth-order valence-electron chi connectivity index (χ4n) is 10.4. The Labute approximate surface area is 405 Å². The number of pyridine rings is 1. The molecule has 0 saturated heterocycles. The molecule has 70 heavy (non-hydrogen) atoms. The molecule has 0 N–H and O–H groups in total. The van der Waals surface area contributed by atoms with E-state index >= 15 is 0 Å². The van der Waals surface area contributed by atoms with Crippen LogP contribution >= 0.6 is 0 Å². The molecule has 13 rings (SSSR count). The van der Waals surface area contributed by atoms with Gasteiger partial charge in [-0.15, -0.1) is 0 Å². The maximum Gasteiger partial charge on any atom is 0.164 e. The largest absolute Gasteiger partial charge is 0.309 e. The molecule has 0 aliphatic carbocycles. The third-order valence-electron chi connectivity index (χ3n) is 13.6. The van der Waals surface area contributed by atoms with E-state index in [0.29, 0.717) is 17.5 Å². The second-order valence-electron chi connectivity index (χ2n) is 17.9. The van der Waals surface area contributed by atoms with Crippen molar-refractivity contribution in [3.8, 4) is 78.9 Å². The fraction of sp³-hybridized carbons (Fsp3) is 0.0312. The van der Waals surface area contributed by atoms with E-state index < -0.39 is 0 Å². The summed E-state index contributed by atoms with van der Waals surface area (Å²) in [5.74, 6) is 1.81. The Morgan fingerprint density at radius 1 is 0.286 bits per heavy atom. The average Bonchev–Trinajstić information content (AvgIpc) is 3.94. The molecule has 0 spiro atoms. The topological polar surface area (TPSA) is 61.4 Å². The highest BCUT2D eigenvalue weighted by Gasteiger charge is 2.24. The van der Waals surface area contributed by atoms with Gasteiger partial charge in [0.05, 0.1) is 22.1 Å². The van der Waals surface area contributed by atoms with Crippen molar-refractivity contribution in [1.82, 2.24) is 29.1 Å². The first-order valence-electron chi connectivity index (χ1n) is 23.7. The van der Waals surface area contributed by atoms with Crippen LogP contribution in [0.2, 0.25) is 0 Å². The van der Waals surface area contributed by atoms with Crippen LogP contribution in [0.3, 0.4) is 0 Å². The molecule has 0 amide bonds. The van der Waals surface area contributed by atoms with Gasteiger partial charge < -0.3 is 9.13 Å². The SMILES string of the molecule is Cc1ccc(-c2c(-c3ccc4c(c3)c3ccccc3n4-c3ccccc3)cc(-c3nc(-c4ccccc4)nc(-c4ccccc4)n3)cc2-c2ccc3c(c2)c2ccccc2n3-c2ccccc2)c(C)n1. The predicted octanol–water partition coefficient (Wildman–Crippen LogP) is 16.1. The summed E-state index contributed by atoms with van der Waals surface area (Å²) in [4.78, 5) is 20.8. The summed E-state index contributed by atoms with van der Waals surface area (Å²) in [5.41, 5.74) is 17.9. The lowest BCUT2D eigenvalue weighted by Gasteiger charge is -2.20. The van der Waals surface area contributed by atoms with Gasteiger partial charge in [0.1, 0.15) is 0 Å². The van der Waals surface area contributed by atoms with Crippen LogP contribution in [0.25, 0.3) is 123 Å². The van der Waals surface area contributed by atoms with E-state index in [1.807, 2.05) is 36.4 Å². The van der Waals surface area contributed by atoms with E-state index in [9.17, 15) is 0 Å². The van der Waals surface area contributed by atoms with Gasteiger partial charge in [-0.1, -0.05) is 152 Å². The Bertz CT molecular complexity index is 3880. The van der Waals surface area contributed by atoms with Gasteiger partial charge in [-0.3, -0.25) is 4.98 Å². The van der Waals surface area contributed by atoms with Gasteiger partial charge >= 0.3 is 0 Å². The molecule has 0 atom stereocenters. The number of nitrogens with zero attached hydrogens (tertiary/aromatic N) is 6. The minimum Gasteiger partial charge on any atom is -0.309 e. The second kappa shape index (κ2) is 16.8. The second-order valence-corrected chi connectivity index (χ2v) is 17.9. The molecule has 0 fully saturated rings. The summed E-state index contributed by atoms with van der Waals surface area (Å²) in [5, 5.41) is 4.71. The number of hydrogen-bond donors (Lipinski definition) is 0. The molecule has 9 aromatic carbocycles. The summed E-state index contributed by atoms with van der Waals surface area (Å²) >= 11 is 0. The smallest absolute Gasteiger partial charge is 0.164 e. The lowest BCUT2D eigenvalue weighted by molar-refractivity contribution is 1.07. The highest BCUT2D eigenvalue weighted by Crippen LogP contribution is 2.47. The quantitative estimate of drug-likeness (QED) is 0.152. The van der Waals surface area contributed by atoms with Crippen molar-refractivity contribution in [3.63, 3.8) is 0 Å². The van der Waals surface area contributed by atoms with Crippen molar-refractivity contribution in [2.45, 2.75) is 13.8 Å².